The van der Waals surface area contributed by atoms with Crippen LogP contribution >= 0.6 is 0 Å². The lowest BCUT2D eigenvalue weighted by Gasteiger charge is -2.03. The minimum atomic E-state index is -0.389. The summed E-state index contributed by atoms with van der Waals surface area (Å²) in [6.07, 6.45) is 0. The summed E-state index contributed by atoms with van der Waals surface area (Å²) in [5.74, 6) is 0.225. The first-order chi connectivity index (χ1) is 11.8. The number of hydrogen-bond donors (Lipinski definition) is 0. The van der Waals surface area contributed by atoms with Gasteiger partial charge in [-0.25, -0.2) is 4.39 Å². The molecule has 3 nitrogen and oxygen atoms in total. The van der Waals surface area contributed by atoms with Gasteiger partial charge in [0.15, 0.2) is 0 Å². The van der Waals surface area contributed by atoms with Gasteiger partial charge in [-0.2, -0.15) is 4.98 Å². The maximum Gasteiger partial charge on any atom is 0.261 e. The molecule has 0 aliphatic heterocycles. The van der Waals surface area contributed by atoms with E-state index >= 15 is 0 Å². The molecule has 4 rings (SSSR count). The second-order valence-electron chi connectivity index (χ2n) is 5.35. The van der Waals surface area contributed by atoms with Gasteiger partial charge in [0.1, 0.15) is 5.82 Å². The SMILES string of the molecule is Fc1cc(-c2ccccc2)ccc1-c1nc(-c2ccccc2)no1. The van der Waals surface area contributed by atoms with Crippen LogP contribution in [0.3, 0.4) is 0 Å². The van der Waals surface area contributed by atoms with Crippen molar-refractivity contribution < 1.29 is 8.91 Å². The third kappa shape index (κ3) is 2.70. The monoisotopic (exact) mass is 316 g/mol. The summed E-state index contributed by atoms with van der Waals surface area (Å²) in [5.41, 5.74) is 2.89. The van der Waals surface area contributed by atoms with Crippen molar-refractivity contribution >= 4 is 0 Å². The first-order valence-electron chi connectivity index (χ1n) is 7.56. The fourth-order valence-electron chi connectivity index (χ4n) is 2.54. The Morgan fingerprint density at radius 2 is 1.38 bits per heavy atom. The van der Waals surface area contributed by atoms with Gasteiger partial charge in [-0.3, -0.25) is 0 Å². The van der Waals surface area contributed by atoms with Gasteiger partial charge in [-0.1, -0.05) is 71.9 Å². The summed E-state index contributed by atoms with van der Waals surface area (Å²) in [6.45, 7) is 0. The van der Waals surface area contributed by atoms with Gasteiger partial charge in [0.05, 0.1) is 5.56 Å². The van der Waals surface area contributed by atoms with Crippen molar-refractivity contribution in [2.24, 2.45) is 0 Å². The number of aromatic nitrogens is 2. The van der Waals surface area contributed by atoms with E-state index in [0.717, 1.165) is 16.7 Å². The molecule has 116 valence electrons. The second-order valence-corrected chi connectivity index (χ2v) is 5.35. The molecule has 0 bridgehead atoms. The molecule has 1 heterocycles. The highest BCUT2D eigenvalue weighted by Crippen LogP contribution is 2.28. The molecule has 0 spiro atoms. The number of halogens is 1. The van der Waals surface area contributed by atoms with E-state index in [1.54, 1.807) is 6.07 Å². The third-order valence-corrected chi connectivity index (χ3v) is 3.76. The number of hydrogen-bond acceptors (Lipinski definition) is 3. The first kappa shape index (κ1) is 14.3. The van der Waals surface area contributed by atoms with Crippen molar-refractivity contribution in [2.45, 2.75) is 0 Å². The van der Waals surface area contributed by atoms with E-state index < -0.39 is 0 Å². The Bertz CT molecular complexity index is 965. The van der Waals surface area contributed by atoms with Crippen LogP contribution in [0.15, 0.2) is 83.4 Å². The number of rotatable bonds is 3. The molecule has 24 heavy (non-hydrogen) atoms. The Balaban J connectivity index is 1.69. The summed E-state index contributed by atoms with van der Waals surface area (Å²) in [6, 6.07) is 24.1. The molecule has 0 aliphatic carbocycles. The molecule has 3 aromatic carbocycles. The molecular weight excluding hydrogens is 303 g/mol. The van der Waals surface area contributed by atoms with Crippen molar-refractivity contribution in [2.75, 3.05) is 0 Å². The standard InChI is InChI=1S/C20H13FN2O/c21-18-13-16(14-7-3-1-4-8-14)11-12-17(18)20-22-19(23-24-20)15-9-5-2-6-10-15/h1-13H. The summed E-state index contributed by atoms with van der Waals surface area (Å²) in [4.78, 5) is 4.30. The zero-order valence-electron chi connectivity index (χ0n) is 12.7. The van der Waals surface area contributed by atoms with Crippen LogP contribution in [0.5, 0.6) is 0 Å². The predicted octanol–water partition coefficient (Wildman–Crippen LogP) is 5.21. The van der Waals surface area contributed by atoms with Crippen molar-refractivity contribution in [1.29, 1.82) is 0 Å². The van der Waals surface area contributed by atoms with Crippen LogP contribution in [0.4, 0.5) is 4.39 Å². The van der Waals surface area contributed by atoms with Crippen LogP contribution in [0.2, 0.25) is 0 Å². The lowest BCUT2D eigenvalue weighted by Crippen LogP contribution is -1.87. The van der Waals surface area contributed by atoms with E-state index in [4.69, 9.17) is 4.52 Å². The number of benzene rings is 3. The smallest absolute Gasteiger partial charge is 0.261 e. The van der Waals surface area contributed by atoms with E-state index in [0.29, 0.717) is 11.4 Å². The second kappa shape index (κ2) is 6.08. The van der Waals surface area contributed by atoms with Gasteiger partial charge >= 0.3 is 0 Å². The molecule has 0 saturated heterocycles. The van der Waals surface area contributed by atoms with E-state index in [-0.39, 0.29) is 11.7 Å². The molecule has 0 fully saturated rings. The van der Waals surface area contributed by atoms with Gasteiger partial charge in [0.2, 0.25) is 5.82 Å². The Labute approximate surface area is 138 Å². The highest BCUT2D eigenvalue weighted by Gasteiger charge is 2.15. The summed E-state index contributed by atoms with van der Waals surface area (Å²) in [5, 5.41) is 3.93. The van der Waals surface area contributed by atoms with E-state index in [1.165, 1.54) is 6.07 Å². The molecule has 0 radical (unpaired) electrons. The molecule has 0 atom stereocenters. The molecule has 4 heteroatoms. The lowest BCUT2D eigenvalue weighted by molar-refractivity contribution is 0.429. The maximum absolute atomic E-state index is 14.5. The average molecular weight is 316 g/mol. The average Bonchev–Trinajstić information content (AvgIpc) is 3.13. The lowest BCUT2D eigenvalue weighted by atomic mass is 10.0. The van der Waals surface area contributed by atoms with Crippen molar-refractivity contribution in [3.63, 3.8) is 0 Å². The van der Waals surface area contributed by atoms with Gasteiger partial charge in [-0.15, -0.1) is 0 Å². The fourth-order valence-corrected chi connectivity index (χ4v) is 2.54. The fraction of sp³-hybridized carbons (Fsp3) is 0. The van der Waals surface area contributed by atoms with Gasteiger partial charge < -0.3 is 4.52 Å². The van der Waals surface area contributed by atoms with Crippen LogP contribution in [-0.4, -0.2) is 10.1 Å². The molecule has 0 N–H and O–H groups in total. The molecule has 1 aromatic heterocycles. The Morgan fingerprint density at radius 1 is 0.708 bits per heavy atom. The molecule has 0 unspecified atom stereocenters. The van der Waals surface area contributed by atoms with Gasteiger partial charge in [-0.05, 0) is 23.3 Å². The summed E-state index contributed by atoms with van der Waals surface area (Å²) in [7, 11) is 0. The van der Waals surface area contributed by atoms with E-state index in [9.17, 15) is 4.39 Å². The highest BCUT2D eigenvalue weighted by molar-refractivity contribution is 5.68. The van der Waals surface area contributed by atoms with Crippen molar-refractivity contribution in [1.82, 2.24) is 10.1 Å². The molecule has 0 aliphatic rings. The normalized spacial score (nSPS) is 10.7. The van der Waals surface area contributed by atoms with Crippen LogP contribution in [0.1, 0.15) is 0 Å². The Hall–Kier alpha value is -3.27. The Morgan fingerprint density at radius 3 is 2.04 bits per heavy atom. The molecule has 0 saturated carbocycles. The molecule has 4 aromatic rings. The molecule has 0 amide bonds. The van der Waals surface area contributed by atoms with Gasteiger partial charge in [0.25, 0.3) is 5.89 Å². The van der Waals surface area contributed by atoms with Crippen molar-refractivity contribution in [3.05, 3.63) is 84.7 Å². The minimum absolute atomic E-state index is 0.172. The van der Waals surface area contributed by atoms with Crippen LogP contribution in [0, 0.1) is 5.82 Å². The van der Waals surface area contributed by atoms with Crippen molar-refractivity contribution in [3.8, 4) is 34.0 Å². The van der Waals surface area contributed by atoms with Gasteiger partial charge in [0, 0.05) is 5.56 Å². The van der Waals surface area contributed by atoms with Crippen LogP contribution in [-0.2, 0) is 0 Å². The quantitative estimate of drug-likeness (QED) is 0.521. The summed E-state index contributed by atoms with van der Waals surface area (Å²) >= 11 is 0. The number of nitrogens with zero attached hydrogens (tertiary/aromatic N) is 2. The first-order valence-corrected chi connectivity index (χ1v) is 7.56. The van der Waals surface area contributed by atoms with Crippen LogP contribution < -0.4 is 0 Å². The summed E-state index contributed by atoms with van der Waals surface area (Å²) < 4.78 is 19.7. The predicted molar refractivity (Wildman–Crippen MR) is 90.6 cm³/mol. The Kier molecular flexibility index (Phi) is 3.63. The minimum Gasteiger partial charge on any atom is -0.334 e. The van der Waals surface area contributed by atoms with Crippen LogP contribution in [0.25, 0.3) is 34.0 Å². The molecular formula is C20H13FN2O. The highest BCUT2D eigenvalue weighted by atomic mass is 19.1. The maximum atomic E-state index is 14.5. The third-order valence-electron chi connectivity index (χ3n) is 3.76. The zero-order chi connectivity index (χ0) is 16.4. The van der Waals surface area contributed by atoms with E-state index in [1.807, 2.05) is 66.7 Å². The van der Waals surface area contributed by atoms with E-state index in [2.05, 4.69) is 10.1 Å². The largest absolute Gasteiger partial charge is 0.334 e. The zero-order valence-corrected chi connectivity index (χ0v) is 12.7. The topological polar surface area (TPSA) is 38.9 Å².